The van der Waals surface area contributed by atoms with E-state index in [2.05, 4.69) is 71.1 Å². The van der Waals surface area contributed by atoms with Crippen LogP contribution in [0.15, 0.2) is 24.3 Å². The van der Waals surface area contributed by atoms with Crippen LogP contribution in [-0.2, 0) is 0 Å². The van der Waals surface area contributed by atoms with Crippen LogP contribution < -0.4 is 5.32 Å². The summed E-state index contributed by atoms with van der Waals surface area (Å²) < 4.78 is 0. The summed E-state index contributed by atoms with van der Waals surface area (Å²) in [4.78, 5) is 0. The summed E-state index contributed by atoms with van der Waals surface area (Å²) in [5, 5.41) is 3.68. The highest BCUT2D eigenvalue weighted by Gasteiger charge is 2.19. The van der Waals surface area contributed by atoms with Gasteiger partial charge in [0.1, 0.15) is 0 Å². The molecule has 1 heteroatoms. The minimum absolute atomic E-state index is 0.191. The predicted octanol–water partition coefficient (Wildman–Crippen LogP) is 4.90. The van der Waals surface area contributed by atoms with Crippen molar-refractivity contribution in [3.05, 3.63) is 35.4 Å². The fourth-order valence-corrected chi connectivity index (χ4v) is 2.45. The molecule has 1 aromatic rings. The summed E-state index contributed by atoms with van der Waals surface area (Å²) in [6.45, 7) is 14.7. The lowest BCUT2D eigenvalue weighted by molar-refractivity contribution is 0.371. The highest BCUT2D eigenvalue weighted by molar-refractivity contribution is 5.29. The first kappa shape index (κ1) is 16.2. The van der Waals surface area contributed by atoms with Gasteiger partial charge in [0.25, 0.3) is 0 Å². The van der Waals surface area contributed by atoms with Crippen LogP contribution in [0.4, 0.5) is 0 Å². The first-order chi connectivity index (χ1) is 8.83. The minimum atomic E-state index is 0.191. The molecule has 0 aromatic heterocycles. The zero-order valence-corrected chi connectivity index (χ0v) is 13.6. The minimum Gasteiger partial charge on any atom is -0.311 e. The van der Waals surface area contributed by atoms with Crippen molar-refractivity contribution in [2.24, 2.45) is 5.92 Å². The van der Waals surface area contributed by atoms with Gasteiger partial charge in [-0.15, -0.1) is 0 Å². The fraction of sp³-hybridized carbons (Fsp3) is 0.667. The van der Waals surface area contributed by atoms with E-state index < -0.39 is 0 Å². The number of benzene rings is 1. The van der Waals surface area contributed by atoms with Crippen molar-refractivity contribution in [1.29, 1.82) is 0 Å². The molecule has 19 heavy (non-hydrogen) atoms. The van der Waals surface area contributed by atoms with Gasteiger partial charge in [0.05, 0.1) is 0 Å². The molecule has 2 atom stereocenters. The van der Waals surface area contributed by atoms with E-state index in [9.17, 15) is 0 Å². The molecule has 0 aliphatic carbocycles. The Bertz CT molecular complexity index is 376. The maximum atomic E-state index is 3.68. The largest absolute Gasteiger partial charge is 0.311 e. The summed E-state index contributed by atoms with van der Waals surface area (Å²) in [7, 11) is 0. The highest BCUT2D eigenvalue weighted by Crippen LogP contribution is 2.27. The van der Waals surface area contributed by atoms with Gasteiger partial charge >= 0.3 is 0 Å². The molecular weight excluding hydrogens is 230 g/mol. The van der Waals surface area contributed by atoms with E-state index in [1.807, 2.05) is 0 Å². The summed E-state index contributed by atoms with van der Waals surface area (Å²) in [5.74, 6) is 1.40. The Balaban J connectivity index is 2.83. The normalized spacial score (nSPS) is 15.3. The third-order valence-electron chi connectivity index (χ3n) is 3.89. The molecule has 1 aromatic carbocycles. The molecule has 0 aliphatic rings. The van der Waals surface area contributed by atoms with Crippen LogP contribution in [0.5, 0.6) is 0 Å². The molecule has 0 spiro atoms. The van der Waals surface area contributed by atoms with Gasteiger partial charge < -0.3 is 5.32 Å². The van der Waals surface area contributed by atoms with E-state index in [1.54, 1.807) is 0 Å². The monoisotopic (exact) mass is 261 g/mol. The van der Waals surface area contributed by atoms with Crippen LogP contribution in [0.25, 0.3) is 0 Å². The van der Waals surface area contributed by atoms with E-state index in [1.165, 1.54) is 24.0 Å². The van der Waals surface area contributed by atoms with Crippen LogP contribution in [0.2, 0.25) is 0 Å². The summed E-state index contributed by atoms with van der Waals surface area (Å²) >= 11 is 0. The third kappa shape index (κ3) is 5.78. The Hall–Kier alpha value is -0.820. The van der Waals surface area contributed by atoms with E-state index in [-0.39, 0.29) is 5.54 Å². The van der Waals surface area contributed by atoms with Crippen LogP contribution in [0.1, 0.15) is 64.5 Å². The molecule has 1 rings (SSSR count). The van der Waals surface area contributed by atoms with Gasteiger partial charge in [-0.05, 0) is 57.1 Å². The van der Waals surface area contributed by atoms with E-state index in [4.69, 9.17) is 0 Å². The van der Waals surface area contributed by atoms with Crippen molar-refractivity contribution in [1.82, 2.24) is 5.32 Å². The van der Waals surface area contributed by atoms with Crippen LogP contribution in [0, 0.1) is 12.8 Å². The number of rotatable bonds is 6. The zero-order valence-electron chi connectivity index (χ0n) is 13.6. The topological polar surface area (TPSA) is 12.0 Å². The van der Waals surface area contributed by atoms with E-state index in [0.29, 0.717) is 5.92 Å². The van der Waals surface area contributed by atoms with Gasteiger partial charge in [-0.1, -0.05) is 44.5 Å². The molecule has 0 aliphatic heterocycles. The van der Waals surface area contributed by atoms with Crippen molar-refractivity contribution in [2.75, 3.05) is 6.54 Å². The van der Waals surface area contributed by atoms with Gasteiger partial charge in [-0.3, -0.25) is 0 Å². The van der Waals surface area contributed by atoms with E-state index in [0.717, 1.165) is 12.5 Å². The molecule has 0 bridgehead atoms. The Morgan fingerprint density at radius 2 is 1.79 bits per heavy atom. The molecule has 0 heterocycles. The second-order valence-corrected chi connectivity index (χ2v) is 6.93. The van der Waals surface area contributed by atoms with Crippen molar-refractivity contribution in [3.8, 4) is 0 Å². The number of nitrogens with one attached hydrogen (secondary N) is 1. The Labute approximate surface area is 119 Å². The summed E-state index contributed by atoms with van der Waals surface area (Å²) in [5.41, 5.74) is 3.13. The third-order valence-corrected chi connectivity index (χ3v) is 3.89. The molecule has 0 saturated carbocycles. The molecule has 0 amide bonds. The van der Waals surface area contributed by atoms with Gasteiger partial charge in [-0.2, -0.15) is 0 Å². The van der Waals surface area contributed by atoms with Crippen LogP contribution in [0.3, 0.4) is 0 Å². The predicted molar refractivity (Wildman–Crippen MR) is 85.7 cm³/mol. The molecule has 2 unspecified atom stereocenters. The Kier molecular flexibility index (Phi) is 6.06. The zero-order chi connectivity index (χ0) is 14.5. The van der Waals surface area contributed by atoms with Crippen molar-refractivity contribution >= 4 is 0 Å². The Morgan fingerprint density at radius 1 is 1.16 bits per heavy atom. The number of hydrogen-bond donors (Lipinski definition) is 1. The average molecular weight is 261 g/mol. The quantitative estimate of drug-likeness (QED) is 0.767. The van der Waals surface area contributed by atoms with Crippen LogP contribution >= 0.6 is 0 Å². The number of aryl methyl sites for hydroxylation is 1. The lowest BCUT2D eigenvalue weighted by Crippen LogP contribution is -2.39. The summed E-state index contributed by atoms with van der Waals surface area (Å²) in [6, 6.07) is 8.84. The second kappa shape index (κ2) is 7.09. The second-order valence-electron chi connectivity index (χ2n) is 6.93. The van der Waals surface area contributed by atoms with Gasteiger partial charge in [0, 0.05) is 12.1 Å². The van der Waals surface area contributed by atoms with Gasteiger partial charge in [0.2, 0.25) is 0 Å². The van der Waals surface area contributed by atoms with Gasteiger partial charge in [0.15, 0.2) is 0 Å². The highest BCUT2D eigenvalue weighted by atomic mass is 14.9. The lowest BCUT2D eigenvalue weighted by atomic mass is 9.86. The molecular formula is C18H31N. The molecule has 0 radical (unpaired) electrons. The maximum absolute atomic E-state index is 3.68. The lowest BCUT2D eigenvalue weighted by Gasteiger charge is -2.28. The average Bonchev–Trinajstić information content (AvgIpc) is 2.34. The Morgan fingerprint density at radius 3 is 2.32 bits per heavy atom. The maximum Gasteiger partial charge on any atom is 0.00967 e. The fourth-order valence-electron chi connectivity index (χ4n) is 2.45. The number of hydrogen-bond acceptors (Lipinski definition) is 1. The molecule has 0 fully saturated rings. The molecule has 1 nitrogen and oxygen atoms in total. The van der Waals surface area contributed by atoms with E-state index >= 15 is 0 Å². The van der Waals surface area contributed by atoms with Crippen molar-refractivity contribution in [3.63, 3.8) is 0 Å². The first-order valence-corrected chi connectivity index (χ1v) is 7.64. The SMILES string of the molecule is CCC(C)CC(CNC(C)(C)C)c1ccccc1C. The van der Waals surface area contributed by atoms with Crippen LogP contribution in [-0.4, -0.2) is 12.1 Å². The molecule has 108 valence electrons. The molecule has 1 N–H and O–H groups in total. The summed E-state index contributed by atoms with van der Waals surface area (Å²) in [6.07, 6.45) is 2.53. The van der Waals surface area contributed by atoms with Crippen molar-refractivity contribution < 1.29 is 0 Å². The van der Waals surface area contributed by atoms with Crippen molar-refractivity contribution in [2.45, 2.75) is 65.8 Å². The van der Waals surface area contributed by atoms with Gasteiger partial charge in [-0.25, -0.2) is 0 Å². The standard InChI is InChI=1S/C18H31N/c1-7-14(2)12-16(13-19-18(4,5)6)17-11-9-8-10-15(17)3/h8-11,14,16,19H,7,12-13H2,1-6H3. The smallest absolute Gasteiger partial charge is 0.00967 e. The molecule has 0 saturated heterocycles. The first-order valence-electron chi connectivity index (χ1n) is 7.64.